The van der Waals surface area contributed by atoms with Gasteiger partial charge in [-0.05, 0) is 19.3 Å². The van der Waals surface area contributed by atoms with E-state index in [1.807, 2.05) is 19.1 Å². The fourth-order valence-corrected chi connectivity index (χ4v) is 4.52. The molecule has 4 unspecified atom stereocenters. The summed E-state index contributed by atoms with van der Waals surface area (Å²) >= 11 is 0. The van der Waals surface area contributed by atoms with Crippen molar-refractivity contribution in [1.82, 2.24) is 0 Å². The molecule has 2 aliphatic heterocycles. The van der Waals surface area contributed by atoms with E-state index in [2.05, 4.69) is 6.07 Å². The number of rotatable bonds is 1. The summed E-state index contributed by atoms with van der Waals surface area (Å²) in [6, 6.07) is 6.24. The van der Waals surface area contributed by atoms with Crippen molar-refractivity contribution in [2.24, 2.45) is 16.7 Å². The molecule has 0 radical (unpaired) electrons. The number of nitrogens with zero attached hydrogens (tertiary/aromatic N) is 3. The molecular weight excluding hydrogens is 280 g/mol. The third-order valence-corrected chi connectivity index (χ3v) is 5.55. The summed E-state index contributed by atoms with van der Waals surface area (Å²) in [5.74, 6) is -1.70. The van der Waals surface area contributed by atoms with E-state index in [0.717, 1.165) is 19.3 Å². The maximum absolute atomic E-state index is 9.95. The minimum Gasteiger partial charge on any atom is -0.447 e. The Bertz CT molecular complexity index is 626. The SMILES string of the molecule is CCC1OC23CCCCCC2C(C#N)(C(=N)O3)C1(C#N)C#N. The molecule has 22 heavy (non-hydrogen) atoms. The van der Waals surface area contributed by atoms with Crippen LogP contribution in [0.3, 0.4) is 0 Å². The molecular formula is C16H18N4O2. The summed E-state index contributed by atoms with van der Waals surface area (Å²) in [5, 5.41) is 37.8. The highest BCUT2D eigenvalue weighted by atomic mass is 16.7. The monoisotopic (exact) mass is 298 g/mol. The molecule has 2 bridgehead atoms. The first-order valence-corrected chi connectivity index (χ1v) is 7.76. The zero-order valence-corrected chi connectivity index (χ0v) is 12.6. The van der Waals surface area contributed by atoms with E-state index in [4.69, 9.17) is 14.9 Å². The Morgan fingerprint density at radius 1 is 1.18 bits per heavy atom. The molecule has 3 rings (SSSR count). The van der Waals surface area contributed by atoms with Crippen LogP contribution in [0.2, 0.25) is 0 Å². The Balaban J connectivity index is 2.29. The standard InChI is InChI=1S/C16H18N4O2/c1-2-12-14(8-17,9-18)15(10-19)11-6-4-3-5-7-16(11,21-12)22-13(15)20/h11-12,20H,2-7H2,1H3. The van der Waals surface area contributed by atoms with E-state index in [1.54, 1.807) is 0 Å². The second-order valence-electron chi connectivity index (χ2n) is 6.36. The van der Waals surface area contributed by atoms with Gasteiger partial charge in [-0.2, -0.15) is 15.8 Å². The molecule has 4 atom stereocenters. The van der Waals surface area contributed by atoms with Crippen LogP contribution in [0, 0.1) is 56.2 Å². The van der Waals surface area contributed by atoms with E-state index in [1.165, 1.54) is 0 Å². The zero-order valence-electron chi connectivity index (χ0n) is 12.6. The van der Waals surface area contributed by atoms with Crippen molar-refractivity contribution < 1.29 is 9.47 Å². The number of ether oxygens (including phenoxy) is 2. The molecule has 0 aromatic rings. The van der Waals surface area contributed by atoms with Crippen LogP contribution >= 0.6 is 0 Å². The summed E-state index contributed by atoms with van der Waals surface area (Å²) in [5.41, 5.74) is -3.22. The van der Waals surface area contributed by atoms with Crippen molar-refractivity contribution in [1.29, 1.82) is 21.2 Å². The summed E-state index contributed by atoms with van der Waals surface area (Å²) in [7, 11) is 0. The fourth-order valence-electron chi connectivity index (χ4n) is 4.52. The largest absolute Gasteiger partial charge is 0.447 e. The van der Waals surface area contributed by atoms with Crippen LogP contribution in [0.5, 0.6) is 0 Å². The predicted molar refractivity (Wildman–Crippen MR) is 75.0 cm³/mol. The van der Waals surface area contributed by atoms with Crippen LogP contribution < -0.4 is 0 Å². The molecule has 6 heteroatoms. The summed E-state index contributed by atoms with van der Waals surface area (Å²) in [6.45, 7) is 1.83. The van der Waals surface area contributed by atoms with Crippen LogP contribution in [-0.4, -0.2) is 17.8 Å². The van der Waals surface area contributed by atoms with E-state index >= 15 is 0 Å². The average molecular weight is 298 g/mol. The second-order valence-corrected chi connectivity index (χ2v) is 6.36. The predicted octanol–water partition coefficient (Wildman–Crippen LogP) is 2.62. The van der Waals surface area contributed by atoms with E-state index in [9.17, 15) is 15.8 Å². The van der Waals surface area contributed by atoms with Gasteiger partial charge in [0.2, 0.25) is 11.7 Å². The van der Waals surface area contributed by atoms with Crippen molar-refractivity contribution >= 4 is 5.90 Å². The third kappa shape index (κ3) is 1.38. The zero-order chi connectivity index (χ0) is 16.0. The highest BCUT2D eigenvalue weighted by Crippen LogP contribution is 2.65. The first kappa shape index (κ1) is 14.8. The lowest BCUT2D eigenvalue weighted by Gasteiger charge is -2.49. The number of hydrogen-bond acceptors (Lipinski definition) is 6. The van der Waals surface area contributed by atoms with Crippen molar-refractivity contribution in [2.45, 2.75) is 57.3 Å². The molecule has 114 valence electrons. The first-order valence-electron chi connectivity index (χ1n) is 7.76. The lowest BCUT2D eigenvalue weighted by atomic mass is 9.53. The van der Waals surface area contributed by atoms with E-state index in [0.29, 0.717) is 19.3 Å². The quantitative estimate of drug-likeness (QED) is 0.799. The van der Waals surface area contributed by atoms with Gasteiger partial charge in [0.15, 0.2) is 10.8 Å². The Hall–Kier alpha value is -2.10. The summed E-state index contributed by atoms with van der Waals surface area (Å²) in [6.07, 6.45) is 3.73. The molecule has 2 saturated heterocycles. The Kier molecular flexibility index (Phi) is 3.17. The van der Waals surface area contributed by atoms with Crippen molar-refractivity contribution in [3.63, 3.8) is 0 Å². The van der Waals surface area contributed by atoms with Gasteiger partial charge in [0.1, 0.15) is 0 Å². The molecule has 2 heterocycles. The Morgan fingerprint density at radius 3 is 2.50 bits per heavy atom. The first-order chi connectivity index (χ1) is 10.6. The maximum Gasteiger partial charge on any atom is 0.217 e. The second kappa shape index (κ2) is 4.70. The minimum absolute atomic E-state index is 0.263. The fraction of sp³-hybridized carbons (Fsp3) is 0.750. The molecule has 0 aromatic heterocycles. The molecule has 3 fully saturated rings. The highest BCUT2D eigenvalue weighted by Gasteiger charge is 2.79. The molecule has 1 aliphatic carbocycles. The molecule has 0 spiro atoms. The van der Waals surface area contributed by atoms with Crippen LogP contribution in [0.15, 0.2) is 0 Å². The minimum atomic E-state index is -1.69. The van der Waals surface area contributed by atoms with Crippen LogP contribution in [-0.2, 0) is 9.47 Å². The Morgan fingerprint density at radius 2 is 1.91 bits per heavy atom. The van der Waals surface area contributed by atoms with Gasteiger partial charge in [-0.15, -0.1) is 0 Å². The molecule has 1 saturated carbocycles. The van der Waals surface area contributed by atoms with Gasteiger partial charge in [-0.3, -0.25) is 5.41 Å². The molecule has 0 aromatic carbocycles. The van der Waals surface area contributed by atoms with Crippen molar-refractivity contribution in [3.05, 3.63) is 0 Å². The molecule has 6 nitrogen and oxygen atoms in total. The van der Waals surface area contributed by atoms with Gasteiger partial charge in [0.05, 0.1) is 30.2 Å². The lowest BCUT2D eigenvalue weighted by molar-refractivity contribution is -0.282. The van der Waals surface area contributed by atoms with Gasteiger partial charge in [0, 0.05) is 6.42 Å². The highest BCUT2D eigenvalue weighted by molar-refractivity contribution is 5.89. The topological polar surface area (TPSA) is 114 Å². The average Bonchev–Trinajstić information content (AvgIpc) is 2.67. The van der Waals surface area contributed by atoms with Crippen LogP contribution in [0.1, 0.15) is 45.4 Å². The number of nitriles is 3. The molecule has 1 N–H and O–H groups in total. The smallest absolute Gasteiger partial charge is 0.217 e. The van der Waals surface area contributed by atoms with Crippen molar-refractivity contribution in [2.75, 3.05) is 0 Å². The summed E-state index contributed by atoms with van der Waals surface area (Å²) < 4.78 is 11.9. The molecule has 3 aliphatic rings. The van der Waals surface area contributed by atoms with Gasteiger partial charge in [-0.25, -0.2) is 0 Å². The van der Waals surface area contributed by atoms with Crippen LogP contribution in [0.4, 0.5) is 0 Å². The van der Waals surface area contributed by atoms with Gasteiger partial charge < -0.3 is 9.47 Å². The number of hydrogen-bond donors (Lipinski definition) is 1. The third-order valence-electron chi connectivity index (χ3n) is 5.55. The van der Waals surface area contributed by atoms with Gasteiger partial charge >= 0.3 is 0 Å². The van der Waals surface area contributed by atoms with E-state index in [-0.39, 0.29) is 5.90 Å². The molecule has 0 amide bonds. The van der Waals surface area contributed by atoms with Gasteiger partial charge in [-0.1, -0.05) is 19.8 Å². The van der Waals surface area contributed by atoms with E-state index < -0.39 is 28.6 Å². The Labute approximate surface area is 129 Å². The summed E-state index contributed by atoms with van der Waals surface area (Å²) in [4.78, 5) is 0. The lowest BCUT2D eigenvalue weighted by Crippen LogP contribution is -2.62. The normalized spacial score (nSPS) is 42.0. The van der Waals surface area contributed by atoms with Crippen LogP contribution in [0.25, 0.3) is 0 Å². The maximum atomic E-state index is 9.95. The van der Waals surface area contributed by atoms with Crippen molar-refractivity contribution in [3.8, 4) is 18.2 Å². The van der Waals surface area contributed by atoms with Gasteiger partial charge in [0.25, 0.3) is 0 Å². The number of nitrogens with one attached hydrogen (secondary N) is 1.